The fraction of sp³-hybridized carbons (Fsp3) is 0.857. The second-order valence-electron chi connectivity index (χ2n) is 3.07. The maximum Gasteiger partial charge on any atom is 1.00 e. The smallest absolute Gasteiger partial charge is 0.566 e. The van der Waals surface area contributed by atoms with E-state index in [1.807, 2.05) is 0 Å². The Labute approximate surface area is 152 Å². The predicted octanol–water partition coefficient (Wildman–Crippen LogP) is -4.63. The van der Waals surface area contributed by atoms with Gasteiger partial charge in [0.25, 0.3) is 0 Å². The van der Waals surface area contributed by atoms with Crippen molar-refractivity contribution in [2.45, 2.75) is 32.1 Å². The Kier molecular flexibility index (Phi) is 33.4. The largest absolute Gasteiger partial charge is 1.00 e. The standard InChI is InChI=1S/C7H13O.2Na.2HO3P/c8-6-5-7-3-1-2-4-7;;;2*1-4(2)3/h6-8H,1-5H2;;;2*(H-,1,2,3)/q-1;2*+1;;/p+2. The first kappa shape index (κ1) is 28.2. The van der Waals surface area contributed by atoms with E-state index in [0.717, 1.165) is 12.3 Å². The zero-order valence-electron chi connectivity index (χ0n) is 10.6. The molecule has 11 heteroatoms. The van der Waals surface area contributed by atoms with Gasteiger partial charge in [-0.1, -0.05) is 31.6 Å². The van der Waals surface area contributed by atoms with Gasteiger partial charge >= 0.3 is 75.6 Å². The number of hydrogen-bond acceptors (Lipinski definition) is 3. The van der Waals surface area contributed by atoms with Crippen molar-refractivity contribution < 1.29 is 92.9 Å². The molecule has 0 bridgehead atoms. The summed E-state index contributed by atoms with van der Waals surface area (Å²) in [6.45, 7) is 1.30. The third-order valence-electron chi connectivity index (χ3n) is 1.91. The molecule has 0 atom stereocenters. The molecule has 0 aliphatic heterocycles. The molecule has 0 unspecified atom stereocenters. The van der Waals surface area contributed by atoms with Gasteiger partial charge in [-0.2, -0.15) is 6.42 Å². The van der Waals surface area contributed by atoms with E-state index >= 15 is 0 Å². The van der Waals surface area contributed by atoms with Gasteiger partial charge in [-0.15, -0.1) is 19.6 Å². The van der Waals surface area contributed by atoms with Crippen LogP contribution in [0.2, 0.25) is 0 Å². The quantitative estimate of drug-likeness (QED) is 0.196. The molecule has 1 fully saturated rings. The van der Waals surface area contributed by atoms with E-state index in [2.05, 4.69) is 0 Å². The minimum Gasteiger partial charge on any atom is -0.566 e. The summed E-state index contributed by atoms with van der Waals surface area (Å²) in [6, 6.07) is 0. The first-order valence-corrected chi connectivity index (χ1v) is 6.89. The van der Waals surface area contributed by atoms with Gasteiger partial charge in [0.15, 0.2) is 0 Å². The molecule has 1 rings (SSSR count). The van der Waals surface area contributed by atoms with Crippen molar-refractivity contribution in [1.82, 2.24) is 0 Å². The van der Waals surface area contributed by atoms with E-state index in [-0.39, 0.29) is 59.1 Å². The summed E-state index contributed by atoms with van der Waals surface area (Å²) in [5.74, 6) is 0.806. The molecule has 96 valence electrons. The molecule has 0 aromatic carbocycles. The summed E-state index contributed by atoms with van der Waals surface area (Å²) < 4.78 is 17.4. The van der Waals surface area contributed by atoms with Gasteiger partial charge in [0.1, 0.15) is 0 Å². The predicted molar refractivity (Wildman–Crippen MR) is 56.9 cm³/mol. The molecular weight excluding hydrogens is 304 g/mol. The molecular formula is C7H17Na2O7P2+3. The first-order chi connectivity index (χ1) is 7.40. The fourth-order valence-corrected chi connectivity index (χ4v) is 1.40. The van der Waals surface area contributed by atoms with E-state index < -0.39 is 16.5 Å². The van der Waals surface area contributed by atoms with Crippen molar-refractivity contribution in [2.75, 3.05) is 0 Å². The van der Waals surface area contributed by atoms with Crippen LogP contribution in [0.1, 0.15) is 32.1 Å². The SMILES string of the molecule is O=[P+](O)O.O=[P+](O)O.O[CH-]CC1CCCC1.[Na+].[Na+]. The number of rotatable bonds is 2. The topological polar surface area (TPSA) is 135 Å². The van der Waals surface area contributed by atoms with Crippen LogP contribution in [0.15, 0.2) is 0 Å². The van der Waals surface area contributed by atoms with Crippen LogP contribution in [0.4, 0.5) is 0 Å². The van der Waals surface area contributed by atoms with Gasteiger partial charge in [0.05, 0.1) is 0 Å². The van der Waals surface area contributed by atoms with E-state index in [1.54, 1.807) is 0 Å². The average Bonchev–Trinajstić information content (AvgIpc) is 2.55. The molecule has 0 aromatic heterocycles. The third kappa shape index (κ3) is 36.1. The molecule has 0 spiro atoms. The van der Waals surface area contributed by atoms with Crippen molar-refractivity contribution in [3.05, 3.63) is 6.61 Å². The normalized spacial score (nSPS) is 12.7. The van der Waals surface area contributed by atoms with E-state index in [9.17, 15) is 0 Å². The molecule has 0 radical (unpaired) electrons. The maximum atomic E-state index is 8.70. The first-order valence-electron chi connectivity index (χ1n) is 4.56. The zero-order valence-corrected chi connectivity index (χ0v) is 16.4. The summed E-state index contributed by atoms with van der Waals surface area (Å²) in [6.07, 6.45) is 6.32. The van der Waals surface area contributed by atoms with Crippen LogP contribution in [0.3, 0.4) is 0 Å². The molecule has 1 aliphatic rings. The Hall–Kier alpha value is 2.00. The summed E-state index contributed by atoms with van der Waals surface area (Å²) >= 11 is 0. The van der Waals surface area contributed by atoms with Crippen LogP contribution in [-0.4, -0.2) is 24.7 Å². The molecule has 7 nitrogen and oxygen atoms in total. The average molecular weight is 321 g/mol. The van der Waals surface area contributed by atoms with Crippen LogP contribution in [0.25, 0.3) is 0 Å². The van der Waals surface area contributed by atoms with Crippen LogP contribution >= 0.6 is 16.5 Å². The van der Waals surface area contributed by atoms with Gasteiger partial charge in [-0.3, -0.25) is 0 Å². The van der Waals surface area contributed by atoms with Gasteiger partial charge < -0.3 is 5.11 Å². The molecule has 0 heterocycles. The Morgan fingerprint density at radius 1 is 0.944 bits per heavy atom. The molecule has 1 aliphatic carbocycles. The van der Waals surface area contributed by atoms with Crippen molar-refractivity contribution in [1.29, 1.82) is 0 Å². The van der Waals surface area contributed by atoms with Crippen molar-refractivity contribution in [3.8, 4) is 0 Å². The Morgan fingerprint density at radius 3 is 1.44 bits per heavy atom. The van der Waals surface area contributed by atoms with Crippen molar-refractivity contribution >= 4 is 16.5 Å². The minimum absolute atomic E-state index is 0. The molecule has 5 N–H and O–H groups in total. The third-order valence-corrected chi connectivity index (χ3v) is 1.91. The Balaban J connectivity index is -0.0000000860. The Morgan fingerprint density at radius 2 is 1.22 bits per heavy atom. The van der Waals surface area contributed by atoms with E-state index in [0.29, 0.717) is 0 Å². The van der Waals surface area contributed by atoms with Crippen molar-refractivity contribution in [3.63, 3.8) is 0 Å². The second-order valence-corrected chi connectivity index (χ2v) is 4.09. The van der Waals surface area contributed by atoms with E-state index in [1.165, 1.54) is 32.3 Å². The molecule has 0 saturated heterocycles. The van der Waals surface area contributed by atoms with Gasteiger partial charge in [-0.25, -0.2) is 6.61 Å². The number of aliphatic hydroxyl groups is 1. The van der Waals surface area contributed by atoms with Crippen LogP contribution < -0.4 is 59.1 Å². The molecule has 1 saturated carbocycles. The summed E-state index contributed by atoms with van der Waals surface area (Å²) in [5.41, 5.74) is 0. The van der Waals surface area contributed by atoms with Crippen molar-refractivity contribution in [2.24, 2.45) is 5.92 Å². The zero-order chi connectivity index (χ0) is 13.0. The number of hydrogen-bond donors (Lipinski definition) is 5. The molecule has 0 aromatic rings. The Bertz CT molecular complexity index is 182. The summed E-state index contributed by atoms with van der Waals surface area (Å²) in [4.78, 5) is 28.5. The molecule has 18 heavy (non-hydrogen) atoms. The maximum absolute atomic E-state index is 8.70. The van der Waals surface area contributed by atoms with Gasteiger partial charge in [0.2, 0.25) is 0 Å². The monoisotopic (exact) mass is 321 g/mol. The van der Waals surface area contributed by atoms with Gasteiger partial charge in [-0.05, 0) is 0 Å². The molecule has 0 amide bonds. The fourth-order valence-electron chi connectivity index (χ4n) is 1.40. The summed E-state index contributed by atoms with van der Waals surface area (Å²) in [5, 5.41) is 8.40. The van der Waals surface area contributed by atoms with E-state index in [4.69, 9.17) is 33.8 Å². The second kappa shape index (κ2) is 21.3. The number of aliphatic hydroxyl groups excluding tert-OH is 1. The minimum atomic E-state index is -2.87. The van der Waals surface area contributed by atoms with Crippen LogP contribution in [0, 0.1) is 12.5 Å². The van der Waals surface area contributed by atoms with Gasteiger partial charge in [0, 0.05) is 9.13 Å². The summed E-state index contributed by atoms with van der Waals surface area (Å²) in [7, 11) is -5.74. The van der Waals surface area contributed by atoms with Crippen LogP contribution in [-0.2, 0) is 9.13 Å². The van der Waals surface area contributed by atoms with Crippen LogP contribution in [0.5, 0.6) is 0 Å².